The maximum Gasteiger partial charge on any atom is 0.0326 e. The Morgan fingerprint density at radius 2 is 1.33 bits per heavy atom. The lowest BCUT2D eigenvalue weighted by Gasteiger charge is -2.58. The first-order valence-corrected chi connectivity index (χ1v) is 6.20. The number of rotatable bonds is 0. The van der Waals surface area contributed by atoms with Gasteiger partial charge in [0.05, 0.1) is 0 Å². The molecule has 0 aromatic carbocycles. The van der Waals surface area contributed by atoms with Crippen LogP contribution in [0, 0.1) is 23.7 Å². The summed E-state index contributed by atoms with van der Waals surface area (Å²) in [6.45, 7) is 0. The average Bonchev–Trinajstić information content (AvgIpc) is 1.99. The standard InChI is InChI=1S/C10H17PS/c11-10(12)8-2-6-1-7(4-8)5-9(10)3-6/h6-9,12H,1-5,11H2. The Balaban J connectivity index is 1.96. The van der Waals surface area contributed by atoms with E-state index in [-0.39, 0.29) is 0 Å². The largest absolute Gasteiger partial charge is 0.168 e. The molecule has 0 amide bonds. The van der Waals surface area contributed by atoms with Crippen molar-refractivity contribution in [3.8, 4) is 0 Å². The SMILES string of the molecule is PC1(S)C2CC3CC(C2)CC1C3. The zero-order chi connectivity index (χ0) is 8.34. The van der Waals surface area contributed by atoms with E-state index >= 15 is 0 Å². The topological polar surface area (TPSA) is 0 Å². The van der Waals surface area contributed by atoms with Gasteiger partial charge >= 0.3 is 0 Å². The van der Waals surface area contributed by atoms with E-state index in [1.54, 1.807) is 6.42 Å². The molecule has 4 aliphatic rings. The molecule has 1 unspecified atom stereocenters. The molecule has 0 spiro atoms. The van der Waals surface area contributed by atoms with Crippen LogP contribution in [0.2, 0.25) is 0 Å². The third-order valence-corrected chi connectivity index (χ3v) is 6.12. The van der Waals surface area contributed by atoms with Crippen molar-refractivity contribution >= 4 is 21.9 Å². The van der Waals surface area contributed by atoms with E-state index in [2.05, 4.69) is 9.24 Å². The highest BCUT2D eigenvalue weighted by Crippen LogP contribution is 2.62. The molecule has 0 aromatic heterocycles. The summed E-state index contributed by atoms with van der Waals surface area (Å²) in [7, 11) is 3.04. The van der Waals surface area contributed by atoms with Gasteiger partial charge in [-0.3, -0.25) is 0 Å². The summed E-state index contributed by atoms with van der Waals surface area (Å²) in [5.41, 5.74) is 0. The van der Waals surface area contributed by atoms with Crippen molar-refractivity contribution in [3.05, 3.63) is 0 Å². The first kappa shape index (κ1) is 8.12. The molecule has 0 aromatic rings. The zero-order valence-electron chi connectivity index (χ0n) is 7.37. The minimum atomic E-state index is 0.313. The summed E-state index contributed by atoms with van der Waals surface area (Å²) in [5.74, 6) is 3.99. The van der Waals surface area contributed by atoms with Gasteiger partial charge in [-0.05, 0) is 55.8 Å². The van der Waals surface area contributed by atoms with Gasteiger partial charge in [-0.25, -0.2) is 0 Å². The van der Waals surface area contributed by atoms with Gasteiger partial charge in [0.25, 0.3) is 0 Å². The summed E-state index contributed by atoms with van der Waals surface area (Å²) in [5, 5.41) is 0. The first-order chi connectivity index (χ1) is 5.66. The monoisotopic (exact) mass is 200 g/mol. The summed E-state index contributed by atoms with van der Waals surface area (Å²) >= 11 is 4.86. The molecular weight excluding hydrogens is 183 g/mol. The zero-order valence-corrected chi connectivity index (χ0v) is 9.42. The van der Waals surface area contributed by atoms with Crippen molar-refractivity contribution < 1.29 is 0 Å². The fourth-order valence-corrected chi connectivity index (χ4v) is 4.91. The van der Waals surface area contributed by atoms with E-state index in [0.717, 1.165) is 23.7 Å². The highest BCUT2D eigenvalue weighted by molar-refractivity contribution is 7.86. The molecule has 0 heterocycles. The number of hydrogen-bond acceptors (Lipinski definition) is 1. The Kier molecular flexibility index (Phi) is 1.64. The molecule has 2 heteroatoms. The lowest BCUT2D eigenvalue weighted by Crippen LogP contribution is -2.51. The van der Waals surface area contributed by atoms with Crippen LogP contribution in [0.1, 0.15) is 32.1 Å². The summed E-state index contributed by atoms with van der Waals surface area (Å²) in [6, 6.07) is 0. The quantitative estimate of drug-likeness (QED) is 0.451. The maximum atomic E-state index is 4.86. The second kappa shape index (κ2) is 2.42. The predicted molar refractivity (Wildman–Crippen MR) is 58.5 cm³/mol. The molecule has 0 radical (unpaired) electrons. The van der Waals surface area contributed by atoms with E-state index < -0.39 is 0 Å². The van der Waals surface area contributed by atoms with Crippen LogP contribution in [-0.2, 0) is 0 Å². The number of hydrogen-bond donors (Lipinski definition) is 1. The Hall–Kier alpha value is 0.780. The lowest BCUT2D eigenvalue weighted by atomic mass is 9.56. The van der Waals surface area contributed by atoms with Crippen molar-refractivity contribution in [2.24, 2.45) is 23.7 Å². The van der Waals surface area contributed by atoms with Gasteiger partial charge in [-0.2, -0.15) is 12.6 Å². The molecule has 4 bridgehead atoms. The van der Waals surface area contributed by atoms with Crippen LogP contribution in [0.3, 0.4) is 0 Å². The Bertz CT molecular complexity index is 182. The maximum absolute atomic E-state index is 4.86. The highest BCUT2D eigenvalue weighted by Gasteiger charge is 2.53. The average molecular weight is 200 g/mol. The molecule has 0 N–H and O–H groups in total. The van der Waals surface area contributed by atoms with Crippen molar-refractivity contribution in [1.82, 2.24) is 0 Å². The molecule has 68 valence electrons. The van der Waals surface area contributed by atoms with Crippen LogP contribution >= 0.6 is 21.9 Å². The van der Waals surface area contributed by atoms with Crippen molar-refractivity contribution in [1.29, 1.82) is 0 Å². The van der Waals surface area contributed by atoms with Gasteiger partial charge in [0.2, 0.25) is 0 Å². The van der Waals surface area contributed by atoms with Crippen LogP contribution in [0.15, 0.2) is 0 Å². The molecule has 4 rings (SSSR count). The molecule has 12 heavy (non-hydrogen) atoms. The fraction of sp³-hybridized carbons (Fsp3) is 1.00. The Labute approximate surface area is 82.5 Å². The normalized spacial score (nSPS) is 62.5. The minimum Gasteiger partial charge on any atom is -0.168 e. The van der Waals surface area contributed by atoms with Crippen LogP contribution in [0.25, 0.3) is 0 Å². The third kappa shape index (κ3) is 0.960. The molecule has 0 aliphatic heterocycles. The van der Waals surface area contributed by atoms with E-state index in [1.165, 1.54) is 25.7 Å². The van der Waals surface area contributed by atoms with Gasteiger partial charge in [0.1, 0.15) is 0 Å². The minimum absolute atomic E-state index is 0.313. The second-order valence-electron chi connectivity index (χ2n) is 5.19. The smallest absolute Gasteiger partial charge is 0.0326 e. The Morgan fingerprint density at radius 3 is 1.75 bits per heavy atom. The Morgan fingerprint density at radius 1 is 0.917 bits per heavy atom. The van der Waals surface area contributed by atoms with Crippen molar-refractivity contribution in [3.63, 3.8) is 0 Å². The highest BCUT2D eigenvalue weighted by atomic mass is 32.1. The van der Waals surface area contributed by atoms with E-state index in [9.17, 15) is 0 Å². The lowest BCUT2D eigenvalue weighted by molar-refractivity contribution is 0.0157. The van der Waals surface area contributed by atoms with Crippen LogP contribution < -0.4 is 0 Å². The van der Waals surface area contributed by atoms with Crippen LogP contribution in [-0.4, -0.2) is 4.49 Å². The summed E-state index contributed by atoms with van der Waals surface area (Å²) in [6.07, 6.45) is 7.43. The molecular formula is C10H17PS. The fourth-order valence-electron chi connectivity index (χ4n) is 3.94. The summed E-state index contributed by atoms with van der Waals surface area (Å²) in [4.78, 5) is 0. The van der Waals surface area contributed by atoms with E-state index in [4.69, 9.17) is 12.6 Å². The third-order valence-electron chi connectivity index (χ3n) is 4.45. The van der Waals surface area contributed by atoms with Gasteiger partial charge in [-0.1, -0.05) is 0 Å². The predicted octanol–water partition coefficient (Wildman–Crippen LogP) is 2.94. The van der Waals surface area contributed by atoms with Crippen LogP contribution in [0.5, 0.6) is 0 Å². The molecule has 0 saturated heterocycles. The molecule has 0 nitrogen and oxygen atoms in total. The van der Waals surface area contributed by atoms with Crippen LogP contribution in [0.4, 0.5) is 0 Å². The molecule has 4 saturated carbocycles. The molecule has 4 fully saturated rings. The number of thiol groups is 1. The van der Waals surface area contributed by atoms with Crippen molar-refractivity contribution in [2.45, 2.75) is 36.6 Å². The molecule has 4 aliphatic carbocycles. The first-order valence-electron chi connectivity index (χ1n) is 5.17. The van der Waals surface area contributed by atoms with Crippen molar-refractivity contribution in [2.75, 3.05) is 0 Å². The van der Waals surface area contributed by atoms with Gasteiger partial charge in [0, 0.05) is 4.49 Å². The van der Waals surface area contributed by atoms with E-state index in [0.29, 0.717) is 4.49 Å². The van der Waals surface area contributed by atoms with Gasteiger partial charge in [-0.15, -0.1) is 9.24 Å². The van der Waals surface area contributed by atoms with E-state index in [1.807, 2.05) is 0 Å². The van der Waals surface area contributed by atoms with Gasteiger partial charge in [0.15, 0.2) is 0 Å². The van der Waals surface area contributed by atoms with Gasteiger partial charge < -0.3 is 0 Å². The summed E-state index contributed by atoms with van der Waals surface area (Å²) < 4.78 is 0.313. The second-order valence-corrected chi connectivity index (χ2v) is 7.41. The molecule has 1 atom stereocenters.